The lowest BCUT2D eigenvalue weighted by molar-refractivity contribution is 0.0206. The van der Waals surface area contributed by atoms with E-state index < -0.39 is 10.0 Å². The molecular weight excluding hydrogens is 308 g/mol. The van der Waals surface area contributed by atoms with E-state index in [1.807, 2.05) is 0 Å². The maximum atomic E-state index is 12.1. The van der Waals surface area contributed by atoms with E-state index in [4.69, 9.17) is 4.74 Å². The van der Waals surface area contributed by atoms with Gasteiger partial charge in [-0.25, -0.2) is 13.2 Å². The molecule has 1 N–H and O–H groups in total. The number of hydrogen-bond donors (Lipinski definition) is 1. The van der Waals surface area contributed by atoms with E-state index in [1.54, 1.807) is 4.90 Å². The summed E-state index contributed by atoms with van der Waals surface area (Å²) in [6.45, 7) is 7.55. The average molecular weight is 334 g/mol. The monoisotopic (exact) mass is 334 g/mol. The molecule has 0 aliphatic carbocycles. The lowest BCUT2D eigenvalue weighted by Crippen LogP contribution is -2.54. The number of hydrogen-bond acceptors (Lipinski definition) is 5. The molecule has 2 amide bonds. The molecule has 0 aromatic rings. The van der Waals surface area contributed by atoms with Gasteiger partial charge in [0.15, 0.2) is 0 Å². The molecule has 2 rings (SSSR count). The molecule has 9 heteroatoms. The van der Waals surface area contributed by atoms with Crippen LogP contribution in [0.2, 0.25) is 0 Å². The minimum Gasteiger partial charge on any atom is -0.379 e. The molecule has 0 bridgehead atoms. The Morgan fingerprint density at radius 2 is 1.73 bits per heavy atom. The van der Waals surface area contributed by atoms with Gasteiger partial charge in [0, 0.05) is 51.9 Å². The van der Waals surface area contributed by atoms with Crippen LogP contribution < -0.4 is 5.32 Å². The summed E-state index contributed by atoms with van der Waals surface area (Å²) in [6.07, 6.45) is 1.20. The standard InChI is InChI=1S/C13H26N4O4S/c1-12(15-7-9-21-10-8-15)11-14-13(18)16-3-5-17(6-4-16)22(2,19)20/h12H,3-11H2,1-2H3,(H,14,18). The predicted molar refractivity (Wildman–Crippen MR) is 83.2 cm³/mol. The molecule has 1 unspecified atom stereocenters. The second kappa shape index (κ2) is 7.58. The summed E-state index contributed by atoms with van der Waals surface area (Å²) < 4.78 is 29.6. The fourth-order valence-electron chi connectivity index (χ4n) is 2.72. The third kappa shape index (κ3) is 4.80. The number of ether oxygens (including phenoxy) is 1. The summed E-state index contributed by atoms with van der Waals surface area (Å²) in [5.74, 6) is 0. The van der Waals surface area contributed by atoms with E-state index in [9.17, 15) is 13.2 Å². The first-order chi connectivity index (χ1) is 10.4. The summed E-state index contributed by atoms with van der Waals surface area (Å²) in [5, 5.41) is 2.94. The number of sulfonamides is 1. The molecule has 2 fully saturated rings. The highest BCUT2D eigenvalue weighted by Crippen LogP contribution is 2.07. The normalized spacial score (nSPS) is 23.3. The predicted octanol–water partition coefficient (Wildman–Crippen LogP) is -1.01. The summed E-state index contributed by atoms with van der Waals surface area (Å²) >= 11 is 0. The Morgan fingerprint density at radius 1 is 1.14 bits per heavy atom. The van der Waals surface area contributed by atoms with Crippen molar-refractivity contribution in [3.8, 4) is 0 Å². The van der Waals surface area contributed by atoms with E-state index in [0.29, 0.717) is 32.7 Å². The number of carbonyl (C=O) groups excluding carboxylic acids is 1. The number of amides is 2. The van der Waals surface area contributed by atoms with Crippen molar-refractivity contribution in [1.29, 1.82) is 0 Å². The van der Waals surface area contributed by atoms with Crippen molar-refractivity contribution in [3.63, 3.8) is 0 Å². The van der Waals surface area contributed by atoms with Crippen LogP contribution in [0.15, 0.2) is 0 Å². The van der Waals surface area contributed by atoms with Crippen molar-refractivity contribution in [1.82, 2.24) is 19.4 Å². The lowest BCUT2D eigenvalue weighted by Gasteiger charge is -2.35. The average Bonchev–Trinajstić information content (AvgIpc) is 2.52. The molecule has 1 atom stereocenters. The highest BCUT2D eigenvalue weighted by molar-refractivity contribution is 7.88. The van der Waals surface area contributed by atoms with Crippen molar-refractivity contribution in [2.24, 2.45) is 0 Å². The molecule has 0 spiro atoms. The Bertz CT molecular complexity index is 470. The van der Waals surface area contributed by atoms with Gasteiger partial charge in [0.25, 0.3) is 0 Å². The van der Waals surface area contributed by atoms with Gasteiger partial charge in [-0.2, -0.15) is 4.31 Å². The van der Waals surface area contributed by atoms with Gasteiger partial charge in [-0.3, -0.25) is 4.90 Å². The van der Waals surface area contributed by atoms with Crippen LogP contribution in [0, 0.1) is 0 Å². The molecule has 0 aromatic carbocycles. The maximum absolute atomic E-state index is 12.1. The summed E-state index contributed by atoms with van der Waals surface area (Å²) in [5.41, 5.74) is 0. The number of carbonyl (C=O) groups is 1. The SMILES string of the molecule is CC(CNC(=O)N1CCN(S(C)(=O)=O)CC1)N1CCOCC1. The van der Waals surface area contributed by atoms with Crippen molar-refractivity contribution in [2.75, 3.05) is 65.3 Å². The van der Waals surface area contributed by atoms with Crippen LogP contribution in [0.4, 0.5) is 4.79 Å². The van der Waals surface area contributed by atoms with Crippen LogP contribution in [0.3, 0.4) is 0 Å². The first-order valence-corrected chi connectivity index (χ1v) is 9.52. The van der Waals surface area contributed by atoms with Gasteiger partial charge < -0.3 is 15.0 Å². The largest absolute Gasteiger partial charge is 0.379 e. The number of piperazine rings is 1. The zero-order chi connectivity index (χ0) is 16.2. The smallest absolute Gasteiger partial charge is 0.317 e. The fourth-order valence-corrected chi connectivity index (χ4v) is 3.54. The maximum Gasteiger partial charge on any atom is 0.317 e. The van der Waals surface area contributed by atoms with Gasteiger partial charge in [-0.15, -0.1) is 0 Å². The van der Waals surface area contributed by atoms with Gasteiger partial charge in [0.1, 0.15) is 0 Å². The second-order valence-electron chi connectivity index (χ2n) is 5.83. The molecule has 2 aliphatic heterocycles. The van der Waals surface area contributed by atoms with Crippen molar-refractivity contribution < 1.29 is 17.9 Å². The van der Waals surface area contributed by atoms with E-state index in [1.165, 1.54) is 10.6 Å². The Morgan fingerprint density at radius 3 is 2.27 bits per heavy atom. The number of morpholine rings is 1. The van der Waals surface area contributed by atoms with Crippen LogP contribution in [0.25, 0.3) is 0 Å². The lowest BCUT2D eigenvalue weighted by atomic mass is 10.2. The molecule has 2 aliphatic rings. The highest BCUT2D eigenvalue weighted by Gasteiger charge is 2.26. The number of nitrogens with zero attached hydrogens (tertiary/aromatic N) is 3. The van der Waals surface area contributed by atoms with Crippen LogP contribution in [0.1, 0.15) is 6.92 Å². The Kier molecular flexibility index (Phi) is 6.01. The minimum atomic E-state index is -3.16. The van der Waals surface area contributed by atoms with Crippen molar-refractivity contribution in [2.45, 2.75) is 13.0 Å². The third-order valence-corrected chi connectivity index (χ3v) is 5.52. The Balaban J connectivity index is 1.72. The van der Waals surface area contributed by atoms with Gasteiger partial charge in [-0.1, -0.05) is 0 Å². The quantitative estimate of drug-likeness (QED) is 0.713. The highest BCUT2D eigenvalue weighted by atomic mass is 32.2. The molecule has 8 nitrogen and oxygen atoms in total. The van der Waals surface area contributed by atoms with Crippen LogP contribution in [-0.4, -0.2) is 99.9 Å². The van der Waals surface area contributed by atoms with E-state index in [-0.39, 0.29) is 12.1 Å². The molecule has 0 radical (unpaired) electrons. The molecule has 0 saturated carbocycles. The zero-order valence-corrected chi connectivity index (χ0v) is 14.1. The topological polar surface area (TPSA) is 82.2 Å². The molecule has 0 aromatic heterocycles. The second-order valence-corrected chi connectivity index (χ2v) is 7.81. The number of nitrogens with one attached hydrogen (secondary N) is 1. The van der Waals surface area contributed by atoms with Crippen LogP contribution in [0.5, 0.6) is 0 Å². The summed E-state index contributed by atoms with van der Waals surface area (Å²) in [4.78, 5) is 16.1. The molecule has 22 heavy (non-hydrogen) atoms. The van der Waals surface area contributed by atoms with Gasteiger partial charge in [0.05, 0.1) is 19.5 Å². The van der Waals surface area contributed by atoms with Crippen molar-refractivity contribution >= 4 is 16.1 Å². The molecule has 2 heterocycles. The minimum absolute atomic E-state index is 0.117. The zero-order valence-electron chi connectivity index (χ0n) is 13.3. The Labute approximate surface area is 132 Å². The van der Waals surface area contributed by atoms with Gasteiger partial charge in [-0.05, 0) is 6.92 Å². The summed E-state index contributed by atoms with van der Waals surface area (Å²) in [6, 6.07) is 0.151. The Hall–Kier alpha value is -0.900. The number of rotatable bonds is 4. The molecule has 2 saturated heterocycles. The molecule has 128 valence electrons. The van der Waals surface area contributed by atoms with E-state index in [2.05, 4.69) is 17.1 Å². The van der Waals surface area contributed by atoms with Crippen LogP contribution >= 0.6 is 0 Å². The first-order valence-electron chi connectivity index (χ1n) is 7.67. The van der Waals surface area contributed by atoms with Gasteiger partial charge in [0.2, 0.25) is 10.0 Å². The van der Waals surface area contributed by atoms with Gasteiger partial charge >= 0.3 is 6.03 Å². The first kappa shape index (κ1) is 17.5. The van der Waals surface area contributed by atoms with E-state index in [0.717, 1.165) is 26.3 Å². The van der Waals surface area contributed by atoms with Crippen molar-refractivity contribution in [3.05, 3.63) is 0 Å². The summed E-state index contributed by atoms with van der Waals surface area (Å²) in [7, 11) is -3.16. The fraction of sp³-hybridized carbons (Fsp3) is 0.923. The van der Waals surface area contributed by atoms with Crippen LogP contribution in [-0.2, 0) is 14.8 Å². The van der Waals surface area contributed by atoms with E-state index >= 15 is 0 Å². The number of urea groups is 1. The third-order valence-electron chi connectivity index (χ3n) is 4.21. The molecular formula is C13H26N4O4S.